The van der Waals surface area contributed by atoms with Gasteiger partial charge < -0.3 is 57.0 Å². The molecule has 0 spiro atoms. The van der Waals surface area contributed by atoms with Crippen LogP contribution in [0.2, 0.25) is 0 Å². The number of benzene rings is 1. The van der Waals surface area contributed by atoms with E-state index in [0.717, 1.165) is 6.07 Å². The van der Waals surface area contributed by atoms with Gasteiger partial charge in [0.2, 0.25) is 23.6 Å². The number of hydrogen-bond acceptors (Lipinski definition) is 18. The monoisotopic (exact) mass is 1020 g/mol. The van der Waals surface area contributed by atoms with Crippen molar-refractivity contribution in [1.82, 2.24) is 51.2 Å². The number of carboxylic acids is 5. The predicted molar refractivity (Wildman–Crippen MR) is 242 cm³/mol. The molecule has 0 saturated carbocycles. The third-order valence-corrected chi connectivity index (χ3v) is 10.9. The van der Waals surface area contributed by atoms with Crippen LogP contribution in [-0.4, -0.2) is 238 Å². The summed E-state index contributed by atoms with van der Waals surface area (Å²) >= 11 is 0. The average Bonchev–Trinajstić information content (AvgIpc) is 3.63. The van der Waals surface area contributed by atoms with E-state index in [2.05, 4.69) is 26.6 Å². The summed E-state index contributed by atoms with van der Waals surface area (Å²) in [5.41, 5.74) is -0.343. The van der Waals surface area contributed by atoms with Crippen LogP contribution in [0, 0.1) is 0 Å². The molecule has 0 radical (unpaired) electrons. The number of hydrogen-bond donors (Lipinski definition) is 10. The number of imide groups is 1. The van der Waals surface area contributed by atoms with E-state index in [0.29, 0.717) is 5.06 Å². The van der Waals surface area contributed by atoms with Gasteiger partial charge in [0.1, 0.15) is 12.1 Å². The largest absolute Gasteiger partial charge is 0.481 e. The van der Waals surface area contributed by atoms with E-state index in [1.165, 1.54) is 18.2 Å². The lowest BCUT2D eigenvalue weighted by Gasteiger charge is -2.32. The fourth-order valence-corrected chi connectivity index (χ4v) is 7.16. The normalized spacial score (nSPS) is 16.2. The molecule has 0 aromatic heterocycles. The molecule has 10 N–H and O–H groups in total. The Morgan fingerprint density at radius 2 is 1.01 bits per heavy atom. The summed E-state index contributed by atoms with van der Waals surface area (Å²) in [6.45, 7) is -0.899. The Labute approximate surface area is 411 Å². The molecule has 7 amide bonds. The molecule has 2 aliphatic heterocycles. The fraction of sp³-hybridized carbons (Fsp3) is 0.558. The highest BCUT2D eigenvalue weighted by Crippen LogP contribution is 2.15. The Morgan fingerprint density at radius 3 is 1.50 bits per heavy atom. The molecule has 1 aromatic rings. The van der Waals surface area contributed by atoms with Crippen molar-refractivity contribution in [2.45, 2.75) is 57.0 Å². The summed E-state index contributed by atoms with van der Waals surface area (Å²) in [6, 6.07) is 1.93. The SMILES string of the molecule is O=C(O)CCC(NC(=O)CNC(=O)c1cccc(C(=O)ON2C(=O)CCC2=O)c1)C(=O)NCC(=O)N[C@H](CCCCNC(=O)CN1CCN(CC(=O)O)CCN(CC(=O)O)CCN(CC(=O)O)CC1)C(=O)O. The average molecular weight is 1020 g/mol. The fourth-order valence-electron chi connectivity index (χ4n) is 7.16. The minimum atomic E-state index is -1.53. The lowest BCUT2D eigenvalue weighted by Crippen LogP contribution is -2.52. The van der Waals surface area contributed by atoms with Gasteiger partial charge in [-0.05, 0) is 43.9 Å². The maximum absolute atomic E-state index is 13.0. The molecule has 2 fully saturated rings. The van der Waals surface area contributed by atoms with Gasteiger partial charge in [0.05, 0.1) is 44.8 Å². The Kier molecular flexibility index (Phi) is 24.6. The summed E-state index contributed by atoms with van der Waals surface area (Å²) in [4.78, 5) is 170. The zero-order chi connectivity index (χ0) is 53.3. The minimum Gasteiger partial charge on any atom is -0.481 e. The molecule has 0 aliphatic carbocycles. The van der Waals surface area contributed by atoms with Crippen LogP contribution in [0.4, 0.5) is 0 Å². The Hall–Kier alpha value is -7.63. The maximum Gasteiger partial charge on any atom is 0.363 e. The third-order valence-electron chi connectivity index (χ3n) is 10.9. The summed E-state index contributed by atoms with van der Waals surface area (Å²) in [5.74, 6) is -12.8. The molecule has 2 atom stereocenters. The van der Waals surface area contributed by atoms with Crippen LogP contribution in [0.5, 0.6) is 0 Å². The summed E-state index contributed by atoms with van der Waals surface area (Å²) < 4.78 is 0. The standard InChI is InChI=1S/C43H60N10O19/c54-31(21-45-40(67)27-4-3-5-28(20-27)43(71)72-53-34(57)8-9-35(53)58)47-29(7-10-36(59)60)41(68)46-22-32(55)48-30(42(69)70)6-1-2-11-44-33(56)23-49-12-14-50(24-37(61)62)16-18-52(26-39(65)66)19-17-51(15-13-49)25-38(63)64/h3-5,20,29-30H,1-2,6-19,21-26H2,(H,44,56)(H,45,67)(H,46,68)(H,47,54)(H,48,55)(H,59,60)(H,61,62)(H,63,64)(H,65,66)(H,69,70)/t29?,30-/m1/s1. The van der Waals surface area contributed by atoms with Gasteiger partial charge in [0.15, 0.2) is 0 Å². The molecule has 29 nitrogen and oxygen atoms in total. The van der Waals surface area contributed by atoms with Crippen LogP contribution in [-0.2, 0) is 57.6 Å². The quantitative estimate of drug-likeness (QED) is 0.0293. The Morgan fingerprint density at radius 1 is 0.542 bits per heavy atom. The van der Waals surface area contributed by atoms with Gasteiger partial charge in [0.25, 0.3) is 17.7 Å². The lowest BCUT2D eigenvalue weighted by molar-refractivity contribution is -0.172. The highest BCUT2D eigenvalue weighted by molar-refractivity contribution is 6.04. The van der Waals surface area contributed by atoms with E-state index >= 15 is 0 Å². The minimum absolute atomic E-state index is 0.0995. The van der Waals surface area contributed by atoms with Crippen molar-refractivity contribution in [3.05, 3.63) is 35.4 Å². The van der Waals surface area contributed by atoms with Crippen molar-refractivity contribution in [1.29, 1.82) is 0 Å². The maximum atomic E-state index is 13.0. The van der Waals surface area contributed by atoms with E-state index in [1.807, 2.05) is 0 Å². The number of nitrogens with one attached hydrogen (secondary N) is 5. The predicted octanol–water partition coefficient (Wildman–Crippen LogP) is -4.57. The first-order chi connectivity index (χ1) is 34.1. The molecule has 2 heterocycles. The van der Waals surface area contributed by atoms with Crippen LogP contribution in [0.25, 0.3) is 0 Å². The van der Waals surface area contributed by atoms with Crippen LogP contribution in [0.15, 0.2) is 24.3 Å². The van der Waals surface area contributed by atoms with Gasteiger partial charge >= 0.3 is 35.8 Å². The molecular formula is C43H60N10O19. The number of amides is 7. The van der Waals surface area contributed by atoms with Crippen molar-refractivity contribution in [2.24, 2.45) is 0 Å². The zero-order valence-electron chi connectivity index (χ0n) is 39.2. The topological polar surface area (TPSA) is 409 Å². The first-order valence-electron chi connectivity index (χ1n) is 22.7. The van der Waals surface area contributed by atoms with Crippen molar-refractivity contribution in [3.8, 4) is 0 Å². The molecule has 1 aromatic carbocycles. The number of carbonyl (C=O) groups excluding carboxylic acids is 8. The van der Waals surface area contributed by atoms with Crippen LogP contribution >= 0.6 is 0 Å². The molecule has 396 valence electrons. The summed E-state index contributed by atoms with van der Waals surface area (Å²) in [7, 11) is 0. The summed E-state index contributed by atoms with van der Waals surface area (Å²) in [5, 5.41) is 59.2. The molecule has 72 heavy (non-hydrogen) atoms. The highest BCUT2D eigenvalue weighted by Gasteiger charge is 2.33. The van der Waals surface area contributed by atoms with E-state index in [1.54, 1.807) is 19.6 Å². The number of aliphatic carboxylic acids is 5. The van der Waals surface area contributed by atoms with E-state index in [4.69, 9.17) is 4.84 Å². The molecule has 0 bridgehead atoms. The number of rotatable bonds is 27. The van der Waals surface area contributed by atoms with Gasteiger partial charge in [-0.15, -0.1) is 5.06 Å². The molecule has 3 rings (SSSR count). The lowest BCUT2D eigenvalue weighted by atomic mass is 10.1. The Balaban J connectivity index is 1.46. The second-order valence-corrected chi connectivity index (χ2v) is 16.6. The smallest absolute Gasteiger partial charge is 0.363 e. The van der Waals surface area contributed by atoms with Crippen LogP contribution in [0.1, 0.15) is 65.7 Å². The molecule has 2 saturated heterocycles. The molecule has 1 unspecified atom stereocenters. The second-order valence-electron chi connectivity index (χ2n) is 16.6. The second kappa shape index (κ2) is 30.2. The van der Waals surface area contributed by atoms with Crippen LogP contribution < -0.4 is 26.6 Å². The van der Waals surface area contributed by atoms with Crippen LogP contribution in [0.3, 0.4) is 0 Å². The number of nitrogens with zero attached hydrogens (tertiary/aromatic N) is 5. The number of carboxylic acid groups (broad SMARTS) is 5. The van der Waals surface area contributed by atoms with Gasteiger partial charge in [-0.2, -0.15) is 0 Å². The Bertz CT molecular complexity index is 2130. The number of unbranched alkanes of at least 4 members (excludes halogenated alkanes) is 1. The molecule has 29 heteroatoms. The van der Waals surface area contributed by atoms with Gasteiger partial charge in [-0.3, -0.25) is 72.3 Å². The number of carbonyl (C=O) groups is 13. The zero-order valence-corrected chi connectivity index (χ0v) is 39.2. The van der Waals surface area contributed by atoms with E-state index in [-0.39, 0.29) is 128 Å². The first kappa shape index (κ1) is 58.7. The first-order valence-corrected chi connectivity index (χ1v) is 22.7. The van der Waals surface area contributed by atoms with Crippen molar-refractivity contribution >= 4 is 77.2 Å². The molecule has 2 aliphatic rings. The van der Waals surface area contributed by atoms with Gasteiger partial charge in [-0.25, -0.2) is 9.59 Å². The molecular weight excluding hydrogens is 961 g/mol. The van der Waals surface area contributed by atoms with Gasteiger partial charge in [0, 0.05) is 83.7 Å². The van der Waals surface area contributed by atoms with E-state index < -0.39 is 115 Å². The summed E-state index contributed by atoms with van der Waals surface area (Å²) in [6.07, 6.45) is -0.960. The highest BCUT2D eigenvalue weighted by atomic mass is 16.7. The van der Waals surface area contributed by atoms with Crippen molar-refractivity contribution in [2.75, 3.05) is 98.2 Å². The van der Waals surface area contributed by atoms with Gasteiger partial charge in [-0.1, -0.05) is 6.07 Å². The van der Waals surface area contributed by atoms with Crippen molar-refractivity contribution in [3.63, 3.8) is 0 Å². The van der Waals surface area contributed by atoms with Crippen molar-refractivity contribution < 1.29 is 92.7 Å². The van der Waals surface area contributed by atoms with E-state index in [9.17, 15) is 87.9 Å². The third kappa shape index (κ3) is 22.4. The number of hydroxylamine groups is 2.